The Bertz CT molecular complexity index is 615. The summed E-state index contributed by atoms with van der Waals surface area (Å²) in [4.78, 5) is 2.00. The van der Waals surface area contributed by atoms with Gasteiger partial charge in [0.25, 0.3) is 0 Å². The van der Waals surface area contributed by atoms with Crippen molar-refractivity contribution in [2.45, 2.75) is 9.79 Å². The second kappa shape index (κ2) is 6.45. The molecule has 0 amide bonds. The molecule has 0 aliphatic carbocycles. The maximum atomic E-state index is 8.87. The molecule has 2 aromatic rings. The third kappa shape index (κ3) is 3.52. The molecule has 0 spiro atoms. The first-order valence-corrected chi connectivity index (χ1v) is 7.72. The molecule has 6 heteroatoms. The zero-order valence-corrected chi connectivity index (χ0v) is 13.7. The van der Waals surface area contributed by atoms with Crippen molar-refractivity contribution >= 4 is 49.5 Å². The van der Waals surface area contributed by atoms with Crippen LogP contribution in [0.25, 0.3) is 0 Å². The van der Waals surface area contributed by atoms with Gasteiger partial charge in [-0.25, -0.2) is 0 Å². The van der Waals surface area contributed by atoms with Crippen molar-refractivity contribution in [2.24, 2.45) is 10.9 Å². The van der Waals surface area contributed by atoms with Crippen LogP contribution in [-0.2, 0) is 0 Å². The number of nitrogens with zero attached hydrogens (tertiary/aromatic N) is 1. The van der Waals surface area contributed by atoms with Crippen LogP contribution in [0.5, 0.6) is 0 Å². The summed E-state index contributed by atoms with van der Waals surface area (Å²) in [6.07, 6.45) is 0. The Labute approximate surface area is 132 Å². The lowest BCUT2D eigenvalue weighted by atomic mass is 10.2. The summed E-state index contributed by atoms with van der Waals surface area (Å²) in [5.41, 5.74) is 6.42. The molecule has 3 N–H and O–H groups in total. The number of hydrogen-bond acceptors (Lipinski definition) is 3. The lowest BCUT2D eigenvalue weighted by Crippen LogP contribution is -2.15. The highest BCUT2D eigenvalue weighted by Crippen LogP contribution is 2.34. The molecule has 98 valence electrons. The zero-order valence-electron chi connectivity index (χ0n) is 9.68. The fourth-order valence-electron chi connectivity index (χ4n) is 1.52. The average Bonchev–Trinajstić information content (AvgIpc) is 2.41. The van der Waals surface area contributed by atoms with Crippen LogP contribution in [-0.4, -0.2) is 11.0 Å². The summed E-state index contributed by atoms with van der Waals surface area (Å²) in [7, 11) is 0. The molecule has 19 heavy (non-hydrogen) atoms. The number of amidine groups is 1. The molecule has 0 fully saturated rings. The quantitative estimate of drug-likeness (QED) is 0.345. The van der Waals surface area contributed by atoms with Crippen LogP contribution < -0.4 is 5.73 Å². The minimum Gasteiger partial charge on any atom is -0.409 e. The van der Waals surface area contributed by atoms with E-state index in [2.05, 4.69) is 37.0 Å². The molecular formula is C13H10Br2N2OS. The van der Waals surface area contributed by atoms with E-state index < -0.39 is 0 Å². The van der Waals surface area contributed by atoms with E-state index >= 15 is 0 Å². The van der Waals surface area contributed by atoms with Crippen molar-refractivity contribution in [1.82, 2.24) is 0 Å². The third-order valence-corrected chi connectivity index (χ3v) is 4.64. The molecule has 2 aromatic carbocycles. The largest absolute Gasteiger partial charge is 0.409 e. The Hall–Kier alpha value is -0.980. The number of hydrogen-bond donors (Lipinski definition) is 2. The molecule has 2 rings (SSSR count). The second-order valence-corrected chi connectivity index (χ2v) is 6.54. The SMILES string of the molecule is N/C(=N/O)c1c(Br)cccc1Sc1ccc(Br)cc1. The fraction of sp³-hybridized carbons (Fsp3) is 0. The lowest BCUT2D eigenvalue weighted by Gasteiger charge is -2.10. The lowest BCUT2D eigenvalue weighted by molar-refractivity contribution is 0.318. The van der Waals surface area contributed by atoms with E-state index in [1.54, 1.807) is 11.8 Å². The van der Waals surface area contributed by atoms with E-state index in [4.69, 9.17) is 10.9 Å². The van der Waals surface area contributed by atoms with Gasteiger partial charge in [0.15, 0.2) is 5.84 Å². The van der Waals surface area contributed by atoms with E-state index in [1.165, 1.54) is 0 Å². The summed E-state index contributed by atoms with van der Waals surface area (Å²) in [5, 5.41) is 11.9. The molecule has 0 atom stereocenters. The van der Waals surface area contributed by atoms with Crippen molar-refractivity contribution in [1.29, 1.82) is 0 Å². The first-order valence-electron chi connectivity index (χ1n) is 5.31. The minimum absolute atomic E-state index is 0.0899. The Morgan fingerprint density at radius 1 is 1.11 bits per heavy atom. The molecule has 0 bridgehead atoms. The smallest absolute Gasteiger partial charge is 0.172 e. The first kappa shape index (κ1) is 14.4. The van der Waals surface area contributed by atoms with Gasteiger partial charge < -0.3 is 10.9 Å². The monoisotopic (exact) mass is 400 g/mol. The summed E-state index contributed by atoms with van der Waals surface area (Å²) in [6.45, 7) is 0. The van der Waals surface area contributed by atoms with Gasteiger partial charge >= 0.3 is 0 Å². The van der Waals surface area contributed by atoms with Crippen LogP contribution in [0.15, 0.2) is 66.4 Å². The first-order chi connectivity index (χ1) is 9.11. The summed E-state index contributed by atoms with van der Waals surface area (Å²) < 4.78 is 1.83. The maximum Gasteiger partial charge on any atom is 0.172 e. The van der Waals surface area contributed by atoms with E-state index in [0.717, 1.165) is 18.7 Å². The number of oxime groups is 1. The Balaban J connectivity index is 2.40. The van der Waals surface area contributed by atoms with Crippen LogP contribution >= 0.6 is 43.6 Å². The van der Waals surface area contributed by atoms with E-state index in [-0.39, 0.29) is 5.84 Å². The number of rotatable bonds is 3. The van der Waals surface area contributed by atoms with Crippen LogP contribution in [0.1, 0.15) is 5.56 Å². The van der Waals surface area contributed by atoms with Gasteiger partial charge in [0.2, 0.25) is 0 Å². The van der Waals surface area contributed by atoms with E-state index in [9.17, 15) is 0 Å². The predicted octanol–water partition coefficient (Wildman–Crippen LogP) is 4.46. The van der Waals surface area contributed by atoms with Crippen molar-refractivity contribution in [3.8, 4) is 0 Å². The molecule has 0 aliphatic rings. The van der Waals surface area contributed by atoms with E-state index in [1.807, 2.05) is 42.5 Å². The number of benzene rings is 2. The van der Waals surface area contributed by atoms with E-state index in [0.29, 0.717) is 5.56 Å². The van der Waals surface area contributed by atoms with Crippen LogP contribution in [0.2, 0.25) is 0 Å². The number of nitrogens with two attached hydrogens (primary N) is 1. The highest BCUT2D eigenvalue weighted by Gasteiger charge is 2.12. The zero-order chi connectivity index (χ0) is 13.8. The van der Waals surface area contributed by atoms with Gasteiger partial charge in [-0.2, -0.15) is 0 Å². The Morgan fingerprint density at radius 2 is 1.79 bits per heavy atom. The molecular weight excluding hydrogens is 392 g/mol. The van der Waals surface area contributed by atoms with Gasteiger partial charge in [-0.1, -0.05) is 38.9 Å². The molecule has 0 unspecified atom stereocenters. The summed E-state index contributed by atoms with van der Waals surface area (Å²) in [5.74, 6) is 0.0899. The molecule has 0 saturated carbocycles. The van der Waals surface area contributed by atoms with Crippen LogP contribution in [0.3, 0.4) is 0 Å². The molecule has 0 saturated heterocycles. The van der Waals surface area contributed by atoms with Gasteiger partial charge in [-0.3, -0.25) is 0 Å². The van der Waals surface area contributed by atoms with Crippen molar-refractivity contribution in [3.63, 3.8) is 0 Å². The predicted molar refractivity (Wildman–Crippen MR) is 84.9 cm³/mol. The number of halogens is 2. The molecule has 0 aliphatic heterocycles. The van der Waals surface area contributed by atoms with Crippen molar-refractivity contribution in [3.05, 3.63) is 57.0 Å². The normalized spacial score (nSPS) is 11.6. The third-order valence-electron chi connectivity index (χ3n) is 2.38. The second-order valence-electron chi connectivity index (χ2n) is 3.65. The van der Waals surface area contributed by atoms with Gasteiger partial charge in [0.05, 0.1) is 0 Å². The van der Waals surface area contributed by atoms with Crippen molar-refractivity contribution in [2.75, 3.05) is 0 Å². The van der Waals surface area contributed by atoms with Crippen LogP contribution in [0, 0.1) is 0 Å². The molecule has 0 aromatic heterocycles. The van der Waals surface area contributed by atoms with Crippen molar-refractivity contribution < 1.29 is 5.21 Å². The summed E-state index contributed by atoms with van der Waals surface area (Å²) in [6, 6.07) is 13.7. The van der Waals surface area contributed by atoms with Gasteiger partial charge in [0, 0.05) is 24.3 Å². The average molecular weight is 402 g/mol. The molecule has 0 heterocycles. The standard InChI is InChI=1S/C13H10Br2N2OS/c14-8-4-6-9(7-5-8)19-11-3-1-2-10(15)12(11)13(16)17-18/h1-7,18H,(H2,16,17). The maximum absolute atomic E-state index is 8.87. The molecule has 3 nitrogen and oxygen atoms in total. The minimum atomic E-state index is 0.0899. The summed E-state index contributed by atoms with van der Waals surface area (Å²) >= 11 is 8.38. The van der Waals surface area contributed by atoms with Gasteiger partial charge in [0.1, 0.15) is 0 Å². The topological polar surface area (TPSA) is 58.6 Å². The van der Waals surface area contributed by atoms with Gasteiger partial charge in [-0.05, 0) is 52.3 Å². The fourth-order valence-corrected chi connectivity index (χ4v) is 3.47. The Morgan fingerprint density at radius 3 is 2.42 bits per heavy atom. The van der Waals surface area contributed by atoms with Crippen LogP contribution in [0.4, 0.5) is 0 Å². The highest BCUT2D eigenvalue weighted by atomic mass is 79.9. The molecule has 0 radical (unpaired) electrons. The Kier molecular flexibility index (Phi) is 4.90. The highest BCUT2D eigenvalue weighted by molar-refractivity contribution is 9.10. The van der Waals surface area contributed by atoms with Gasteiger partial charge in [-0.15, -0.1) is 0 Å².